The van der Waals surface area contributed by atoms with Crippen molar-refractivity contribution in [2.24, 2.45) is 0 Å². The number of likely N-dealkylation sites (N-methyl/N-ethyl adjacent to an activating group) is 1. The van der Waals surface area contributed by atoms with Gasteiger partial charge in [-0.15, -0.1) is 11.8 Å². The van der Waals surface area contributed by atoms with Gasteiger partial charge in [0, 0.05) is 24.9 Å². The fourth-order valence-corrected chi connectivity index (χ4v) is 5.30. The second kappa shape index (κ2) is 9.75. The van der Waals surface area contributed by atoms with Crippen molar-refractivity contribution in [1.29, 1.82) is 0 Å². The molecule has 2 aromatic rings. The van der Waals surface area contributed by atoms with Crippen LogP contribution in [0.1, 0.15) is 28.9 Å². The van der Waals surface area contributed by atoms with Crippen LogP contribution in [0.2, 0.25) is 0 Å². The molecule has 0 aliphatic carbocycles. The molecule has 0 aromatic heterocycles. The van der Waals surface area contributed by atoms with E-state index >= 15 is 0 Å². The molecule has 166 valence electrons. The van der Waals surface area contributed by atoms with Crippen LogP contribution in [0, 0.1) is 13.8 Å². The Hall–Kier alpha value is -2.51. The molecule has 0 spiro atoms. The van der Waals surface area contributed by atoms with Crippen molar-refractivity contribution in [3.63, 3.8) is 0 Å². The molecule has 0 fully saturated rings. The number of benzene rings is 2. The summed E-state index contributed by atoms with van der Waals surface area (Å²) in [4.78, 5) is 30.6. The number of hydrogen-bond acceptors (Lipinski definition) is 6. The Morgan fingerprint density at radius 3 is 2.42 bits per heavy atom. The number of aryl methyl sites for hydroxylation is 2. The van der Waals surface area contributed by atoms with Crippen molar-refractivity contribution < 1.29 is 19.1 Å². The van der Waals surface area contributed by atoms with Crippen LogP contribution in [-0.2, 0) is 14.3 Å². The number of thioether (sulfide) groups is 1. The monoisotopic (exact) mass is 442 g/mol. The van der Waals surface area contributed by atoms with Gasteiger partial charge in [0.05, 0.1) is 18.0 Å². The van der Waals surface area contributed by atoms with Crippen LogP contribution in [0.25, 0.3) is 0 Å². The first-order valence-corrected chi connectivity index (χ1v) is 11.1. The van der Waals surface area contributed by atoms with Crippen molar-refractivity contribution in [1.82, 2.24) is 4.90 Å². The van der Waals surface area contributed by atoms with E-state index in [-0.39, 0.29) is 11.2 Å². The smallest absolute Gasteiger partial charge is 0.303 e. The molecule has 0 unspecified atom stereocenters. The van der Waals surface area contributed by atoms with Gasteiger partial charge >= 0.3 is 5.97 Å². The maximum Gasteiger partial charge on any atom is 0.303 e. The first-order chi connectivity index (χ1) is 14.7. The highest BCUT2D eigenvalue weighted by Gasteiger charge is 2.41. The lowest BCUT2D eigenvalue weighted by Gasteiger charge is -2.29. The van der Waals surface area contributed by atoms with E-state index in [1.54, 1.807) is 23.8 Å². The molecule has 0 bridgehead atoms. The molecule has 0 saturated heterocycles. The number of rotatable bonds is 6. The van der Waals surface area contributed by atoms with Crippen molar-refractivity contribution in [3.05, 3.63) is 53.1 Å². The van der Waals surface area contributed by atoms with Crippen LogP contribution < -0.4 is 9.64 Å². The lowest BCUT2D eigenvalue weighted by molar-refractivity contribution is -0.152. The molecule has 1 heterocycles. The third-order valence-corrected chi connectivity index (χ3v) is 6.56. The number of carbonyl (C=O) groups excluding carboxylic acids is 2. The van der Waals surface area contributed by atoms with E-state index in [0.29, 0.717) is 13.1 Å². The van der Waals surface area contributed by atoms with Gasteiger partial charge in [0.2, 0.25) is 0 Å². The summed E-state index contributed by atoms with van der Waals surface area (Å²) in [6.07, 6.45) is -0.926. The van der Waals surface area contributed by atoms with Crippen LogP contribution in [0.4, 0.5) is 5.69 Å². The average Bonchev–Trinajstić information content (AvgIpc) is 2.81. The Kier molecular flexibility index (Phi) is 7.28. The van der Waals surface area contributed by atoms with Crippen LogP contribution in [0.5, 0.6) is 5.75 Å². The number of methoxy groups -OCH3 is 1. The minimum atomic E-state index is -0.926. The maximum absolute atomic E-state index is 13.8. The maximum atomic E-state index is 13.8. The molecule has 0 saturated carbocycles. The Labute approximate surface area is 188 Å². The molecule has 0 radical (unpaired) electrons. The SMILES string of the molecule is COc1ccc([C@H]2Sc3cc(C)cc(C)c3N(CCN(C)C)C(=O)[C@H]2OC(C)=O)cc1. The van der Waals surface area contributed by atoms with E-state index in [1.165, 1.54) is 6.92 Å². The predicted molar refractivity (Wildman–Crippen MR) is 124 cm³/mol. The highest BCUT2D eigenvalue weighted by molar-refractivity contribution is 7.99. The van der Waals surface area contributed by atoms with Gasteiger partial charge < -0.3 is 19.3 Å². The molecular weight excluding hydrogens is 412 g/mol. The minimum absolute atomic E-state index is 0.198. The van der Waals surface area contributed by atoms with E-state index in [0.717, 1.165) is 33.0 Å². The zero-order valence-corrected chi connectivity index (χ0v) is 19.8. The number of ether oxygens (including phenoxy) is 2. The molecule has 2 aromatic carbocycles. The first kappa shape index (κ1) is 23.2. The molecule has 2 atom stereocenters. The van der Waals surface area contributed by atoms with Crippen molar-refractivity contribution in [2.75, 3.05) is 39.2 Å². The van der Waals surface area contributed by atoms with Gasteiger partial charge in [0.15, 0.2) is 6.10 Å². The fourth-order valence-electron chi connectivity index (χ4n) is 3.80. The molecule has 3 rings (SSSR count). The van der Waals surface area contributed by atoms with Crippen LogP contribution in [0.3, 0.4) is 0 Å². The molecule has 1 aliphatic rings. The number of nitrogens with zero attached hydrogens (tertiary/aromatic N) is 2. The predicted octanol–water partition coefficient (Wildman–Crippen LogP) is 3.99. The Bertz CT molecular complexity index is 959. The summed E-state index contributed by atoms with van der Waals surface area (Å²) in [5, 5.41) is -0.369. The van der Waals surface area contributed by atoms with Gasteiger partial charge in [-0.25, -0.2) is 0 Å². The fraction of sp³-hybridized carbons (Fsp3) is 0.417. The van der Waals surface area contributed by atoms with E-state index in [1.807, 2.05) is 50.2 Å². The minimum Gasteiger partial charge on any atom is -0.497 e. The number of carbonyl (C=O) groups is 2. The Morgan fingerprint density at radius 2 is 1.84 bits per heavy atom. The van der Waals surface area contributed by atoms with Gasteiger partial charge in [-0.2, -0.15) is 0 Å². The number of amides is 1. The van der Waals surface area contributed by atoms with Crippen LogP contribution in [-0.4, -0.2) is 57.2 Å². The van der Waals surface area contributed by atoms with Crippen LogP contribution >= 0.6 is 11.8 Å². The quantitative estimate of drug-likeness (QED) is 0.631. The van der Waals surface area contributed by atoms with E-state index in [4.69, 9.17) is 9.47 Å². The number of anilines is 1. The van der Waals surface area contributed by atoms with Crippen molar-refractivity contribution >= 4 is 29.3 Å². The summed E-state index contributed by atoms with van der Waals surface area (Å²) in [6.45, 7) is 6.63. The Morgan fingerprint density at radius 1 is 1.16 bits per heavy atom. The molecule has 0 N–H and O–H groups in total. The van der Waals surface area contributed by atoms with Gasteiger partial charge in [0.25, 0.3) is 5.91 Å². The van der Waals surface area contributed by atoms with Gasteiger partial charge in [-0.3, -0.25) is 9.59 Å². The number of esters is 1. The Balaban J connectivity index is 2.14. The second-order valence-electron chi connectivity index (χ2n) is 8.06. The topological polar surface area (TPSA) is 59.1 Å². The molecule has 1 amide bonds. The molecule has 7 heteroatoms. The summed E-state index contributed by atoms with van der Waals surface area (Å²) in [7, 11) is 5.57. The van der Waals surface area contributed by atoms with Crippen molar-refractivity contribution in [2.45, 2.75) is 37.0 Å². The zero-order chi connectivity index (χ0) is 22.7. The van der Waals surface area contributed by atoms with Gasteiger partial charge in [0.1, 0.15) is 5.75 Å². The molecule has 6 nitrogen and oxygen atoms in total. The second-order valence-corrected chi connectivity index (χ2v) is 9.25. The summed E-state index contributed by atoms with van der Waals surface area (Å²) in [5.41, 5.74) is 3.97. The van der Waals surface area contributed by atoms with Crippen molar-refractivity contribution in [3.8, 4) is 5.75 Å². The summed E-state index contributed by atoms with van der Waals surface area (Å²) < 4.78 is 10.9. The summed E-state index contributed by atoms with van der Waals surface area (Å²) in [6, 6.07) is 11.8. The largest absolute Gasteiger partial charge is 0.497 e. The third kappa shape index (κ3) is 5.22. The molecular formula is C24H30N2O4S. The zero-order valence-electron chi connectivity index (χ0n) is 19.0. The number of hydrogen-bond donors (Lipinski definition) is 0. The normalized spacial score (nSPS) is 18.5. The summed E-state index contributed by atoms with van der Waals surface area (Å²) in [5.74, 6) is 0.0670. The third-order valence-electron chi connectivity index (χ3n) is 5.23. The first-order valence-electron chi connectivity index (χ1n) is 10.3. The van der Waals surface area contributed by atoms with Gasteiger partial charge in [-0.1, -0.05) is 18.2 Å². The average molecular weight is 443 g/mol. The lowest BCUT2D eigenvalue weighted by atomic mass is 10.0. The van der Waals surface area contributed by atoms with Crippen LogP contribution in [0.15, 0.2) is 41.3 Å². The molecule has 31 heavy (non-hydrogen) atoms. The standard InChI is InChI=1S/C24H30N2O4S/c1-15-13-16(2)21-20(14-15)31-23(18-7-9-19(29-6)10-8-18)22(30-17(3)27)24(28)26(21)12-11-25(4)5/h7-10,13-14,22-23H,11-12H2,1-6H3/t22-,23+/m0/s1. The van der Waals surface area contributed by atoms with Gasteiger partial charge in [-0.05, 0) is 62.8 Å². The summed E-state index contributed by atoms with van der Waals surface area (Å²) >= 11 is 1.57. The highest BCUT2D eigenvalue weighted by atomic mass is 32.2. The highest BCUT2D eigenvalue weighted by Crippen LogP contribution is 2.48. The molecule has 1 aliphatic heterocycles. The van der Waals surface area contributed by atoms with E-state index in [2.05, 4.69) is 19.1 Å². The lowest BCUT2D eigenvalue weighted by Crippen LogP contribution is -2.45. The van der Waals surface area contributed by atoms with E-state index < -0.39 is 12.1 Å². The van der Waals surface area contributed by atoms with E-state index in [9.17, 15) is 9.59 Å². The number of fused-ring (bicyclic) bond motifs is 1.